The summed E-state index contributed by atoms with van der Waals surface area (Å²) in [5, 5.41) is 3.89. The molecule has 1 heterocycles. The van der Waals surface area contributed by atoms with Gasteiger partial charge < -0.3 is 10.2 Å². The number of rotatable bonds is 5. The van der Waals surface area contributed by atoms with E-state index in [1.54, 1.807) is 6.07 Å². The van der Waals surface area contributed by atoms with Crippen LogP contribution < -0.4 is 5.32 Å². The zero-order chi connectivity index (χ0) is 13.0. The molecule has 1 N–H and O–H groups in total. The summed E-state index contributed by atoms with van der Waals surface area (Å²) in [5.41, 5.74) is 0. The van der Waals surface area contributed by atoms with Crippen molar-refractivity contribution in [2.45, 2.75) is 26.8 Å². The minimum Gasteiger partial charge on any atom is -0.366 e. The average molecular weight is 257 g/mol. The lowest BCUT2D eigenvalue weighted by Crippen LogP contribution is -2.36. The molecule has 0 amide bonds. The van der Waals surface area contributed by atoms with Gasteiger partial charge in [-0.15, -0.1) is 0 Å². The van der Waals surface area contributed by atoms with E-state index in [-0.39, 0.29) is 0 Å². The number of halogens is 1. The maximum Gasteiger partial charge on any atom is 0.134 e. The van der Waals surface area contributed by atoms with Crippen molar-refractivity contribution in [1.82, 2.24) is 14.9 Å². The van der Waals surface area contributed by atoms with Crippen LogP contribution >= 0.6 is 11.6 Å². The molecule has 96 valence electrons. The number of nitrogens with zero attached hydrogens (tertiary/aromatic N) is 3. The third-order valence-electron chi connectivity index (χ3n) is 2.51. The quantitative estimate of drug-likeness (QED) is 0.822. The van der Waals surface area contributed by atoms with Crippen molar-refractivity contribution in [3.8, 4) is 0 Å². The summed E-state index contributed by atoms with van der Waals surface area (Å²) >= 11 is 5.92. The summed E-state index contributed by atoms with van der Waals surface area (Å²) in [5.74, 6) is 2.00. The van der Waals surface area contributed by atoms with Crippen molar-refractivity contribution in [2.75, 3.05) is 26.0 Å². The molecule has 0 aliphatic heterocycles. The molecule has 0 radical (unpaired) electrons. The molecule has 1 aromatic heterocycles. The van der Waals surface area contributed by atoms with E-state index in [1.807, 2.05) is 6.92 Å². The van der Waals surface area contributed by atoms with Crippen LogP contribution in [-0.2, 0) is 0 Å². The normalized spacial score (nSPS) is 13.2. The molecule has 0 saturated heterocycles. The van der Waals surface area contributed by atoms with Gasteiger partial charge in [0.15, 0.2) is 0 Å². The van der Waals surface area contributed by atoms with E-state index in [0.717, 1.165) is 12.4 Å². The van der Waals surface area contributed by atoms with E-state index in [9.17, 15) is 0 Å². The molecule has 1 unspecified atom stereocenters. The Labute approximate surface area is 108 Å². The average Bonchev–Trinajstić information content (AvgIpc) is 2.13. The minimum absolute atomic E-state index is 0.343. The molecule has 1 atom stereocenters. The molecule has 0 saturated carbocycles. The topological polar surface area (TPSA) is 41.1 Å². The van der Waals surface area contributed by atoms with E-state index in [4.69, 9.17) is 11.6 Å². The van der Waals surface area contributed by atoms with Crippen LogP contribution in [0.5, 0.6) is 0 Å². The SMILES string of the molecule is Cc1nc(Cl)cc(NC(CN(C)C)C(C)C)n1. The molecule has 0 aromatic carbocycles. The highest BCUT2D eigenvalue weighted by atomic mass is 35.5. The van der Waals surface area contributed by atoms with Gasteiger partial charge in [0.05, 0.1) is 0 Å². The van der Waals surface area contributed by atoms with Crippen molar-refractivity contribution >= 4 is 17.4 Å². The molecule has 17 heavy (non-hydrogen) atoms. The minimum atomic E-state index is 0.343. The number of aryl methyl sites for hydroxylation is 1. The maximum atomic E-state index is 5.92. The summed E-state index contributed by atoms with van der Waals surface area (Å²) in [7, 11) is 4.13. The highest BCUT2D eigenvalue weighted by molar-refractivity contribution is 6.29. The zero-order valence-electron chi connectivity index (χ0n) is 11.2. The lowest BCUT2D eigenvalue weighted by atomic mass is 10.0. The molecule has 5 heteroatoms. The fraction of sp³-hybridized carbons (Fsp3) is 0.667. The van der Waals surface area contributed by atoms with Gasteiger partial charge in [-0.3, -0.25) is 0 Å². The molecule has 0 aliphatic rings. The second-order valence-electron chi connectivity index (χ2n) is 4.88. The predicted octanol–water partition coefficient (Wildman–Crippen LogP) is 2.44. The van der Waals surface area contributed by atoms with Crippen LogP contribution in [0.2, 0.25) is 5.15 Å². The number of likely N-dealkylation sites (N-methyl/N-ethyl adjacent to an activating group) is 1. The Kier molecular flexibility index (Phi) is 5.15. The highest BCUT2D eigenvalue weighted by Gasteiger charge is 2.15. The lowest BCUT2D eigenvalue weighted by Gasteiger charge is -2.26. The number of aromatic nitrogens is 2. The standard InChI is InChI=1S/C12H21ClN4/c1-8(2)10(7-17(4)5)16-12-6-11(13)14-9(3)15-12/h6,8,10H,7H2,1-5H3,(H,14,15,16). The van der Waals surface area contributed by atoms with Crippen LogP contribution in [0.4, 0.5) is 5.82 Å². The van der Waals surface area contributed by atoms with Gasteiger partial charge in [0.2, 0.25) is 0 Å². The van der Waals surface area contributed by atoms with Gasteiger partial charge in [0.25, 0.3) is 0 Å². The van der Waals surface area contributed by atoms with Gasteiger partial charge >= 0.3 is 0 Å². The van der Waals surface area contributed by atoms with Crippen LogP contribution in [0.3, 0.4) is 0 Å². The van der Waals surface area contributed by atoms with Crippen molar-refractivity contribution in [1.29, 1.82) is 0 Å². The lowest BCUT2D eigenvalue weighted by molar-refractivity contribution is 0.344. The summed E-state index contributed by atoms with van der Waals surface area (Å²) in [6, 6.07) is 2.11. The molecule has 0 bridgehead atoms. The van der Waals surface area contributed by atoms with Crippen LogP contribution in [0.15, 0.2) is 6.07 Å². The largest absolute Gasteiger partial charge is 0.366 e. The van der Waals surface area contributed by atoms with Crippen LogP contribution in [0.1, 0.15) is 19.7 Å². The number of hydrogen-bond donors (Lipinski definition) is 1. The van der Waals surface area contributed by atoms with Crippen molar-refractivity contribution in [3.05, 3.63) is 17.0 Å². The molecule has 0 spiro atoms. The van der Waals surface area contributed by atoms with E-state index in [2.05, 4.69) is 48.1 Å². The first-order chi connectivity index (χ1) is 7.88. The van der Waals surface area contributed by atoms with Gasteiger partial charge in [-0.1, -0.05) is 25.4 Å². The molecular weight excluding hydrogens is 236 g/mol. The predicted molar refractivity (Wildman–Crippen MR) is 72.6 cm³/mol. The molecule has 1 rings (SSSR count). The molecule has 1 aromatic rings. The van der Waals surface area contributed by atoms with Gasteiger partial charge in [-0.25, -0.2) is 9.97 Å². The first-order valence-electron chi connectivity index (χ1n) is 5.81. The second-order valence-corrected chi connectivity index (χ2v) is 5.27. The Morgan fingerprint density at radius 3 is 2.47 bits per heavy atom. The van der Waals surface area contributed by atoms with E-state index >= 15 is 0 Å². The van der Waals surface area contributed by atoms with E-state index < -0.39 is 0 Å². The first kappa shape index (κ1) is 14.2. The van der Waals surface area contributed by atoms with Crippen LogP contribution in [0, 0.1) is 12.8 Å². The second kappa shape index (κ2) is 6.17. The van der Waals surface area contributed by atoms with Crippen molar-refractivity contribution in [3.63, 3.8) is 0 Å². The Hall–Kier alpha value is -0.870. The van der Waals surface area contributed by atoms with Crippen molar-refractivity contribution < 1.29 is 0 Å². The summed E-state index contributed by atoms with van der Waals surface area (Å²) in [6.07, 6.45) is 0. The van der Waals surface area contributed by atoms with Gasteiger partial charge in [-0.05, 0) is 26.9 Å². The third-order valence-corrected chi connectivity index (χ3v) is 2.70. The number of nitrogens with one attached hydrogen (secondary N) is 1. The fourth-order valence-corrected chi connectivity index (χ4v) is 1.84. The highest BCUT2D eigenvalue weighted by Crippen LogP contribution is 2.15. The molecule has 0 aliphatic carbocycles. The molecule has 0 fully saturated rings. The maximum absolute atomic E-state index is 5.92. The van der Waals surface area contributed by atoms with Crippen LogP contribution in [0.25, 0.3) is 0 Å². The van der Waals surface area contributed by atoms with Gasteiger partial charge in [0.1, 0.15) is 16.8 Å². The summed E-state index contributed by atoms with van der Waals surface area (Å²) < 4.78 is 0. The Balaban J connectivity index is 2.78. The van der Waals surface area contributed by atoms with E-state index in [1.165, 1.54) is 0 Å². The summed E-state index contributed by atoms with van der Waals surface area (Å²) in [6.45, 7) is 7.18. The summed E-state index contributed by atoms with van der Waals surface area (Å²) in [4.78, 5) is 10.5. The van der Waals surface area contributed by atoms with Gasteiger partial charge in [-0.2, -0.15) is 0 Å². The zero-order valence-corrected chi connectivity index (χ0v) is 11.9. The number of anilines is 1. The first-order valence-corrected chi connectivity index (χ1v) is 6.18. The van der Waals surface area contributed by atoms with Gasteiger partial charge in [0, 0.05) is 18.7 Å². The fourth-order valence-electron chi connectivity index (χ4n) is 1.61. The number of hydrogen-bond acceptors (Lipinski definition) is 4. The smallest absolute Gasteiger partial charge is 0.134 e. The Morgan fingerprint density at radius 1 is 1.35 bits per heavy atom. The Bertz CT molecular complexity index is 345. The molecular formula is C12H21ClN4. The third kappa shape index (κ3) is 4.88. The monoisotopic (exact) mass is 256 g/mol. The van der Waals surface area contributed by atoms with E-state index in [0.29, 0.717) is 22.9 Å². The Morgan fingerprint density at radius 2 is 2.00 bits per heavy atom. The molecule has 4 nitrogen and oxygen atoms in total. The van der Waals surface area contributed by atoms with Crippen LogP contribution in [-0.4, -0.2) is 41.5 Å². The van der Waals surface area contributed by atoms with Crippen molar-refractivity contribution in [2.24, 2.45) is 5.92 Å².